The van der Waals surface area contributed by atoms with Crippen LogP contribution in [-0.2, 0) is 26.4 Å². The van der Waals surface area contributed by atoms with E-state index in [0.717, 1.165) is 16.4 Å². The van der Waals surface area contributed by atoms with Gasteiger partial charge in [-0.05, 0) is 17.7 Å². The second kappa shape index (κ2) is 5.59. The quantitative estimate of drug-likeness (QED) is 0.825. The Morgan fingerprint density at radius 3 is 2.29 bits per heavy atom. The fraction of sp³-hybridized carbons (Fsp3) is 0.455. The lowest BCUT2D eigenvalue weighted by Crippen LogP contribution is -2.43. The molecule has 1 aromatic rings. The first-order valence-corrected chi connectivity index (χ1v) is 9.32. The number of rotatable bonds is 3. The van der Waals surface area contributed by atoms with Crippen LogP contribution in [0.1, 0.15) is 5.56 Å². The zero-order valence-electron chi connectivity index (χ0n) is 10.9. The zero-order chi connectivity index (χ0) is 15.8. The Morgan fingerprint density at radius 2 is 1.76 bits per heavy atom. The van der Waals surface area contributed by atoms with Gasteiger partial charge in [-0.15, -0.1) is 0 Å². The maximum absolute atomic E-state index is 13.8. The Kier molecular flexibility index (Phi) is 4.34. The highest BCUT2D eigenvalue weighted by Crippen LogP contribution is 2.24. The molecule has 0 bridgehead atoms. The third-order valence-corrected chi connectivity index (χ3v) is 6.72. The number of hydrogen-bond acceptors (Lipinski definition) is 5. The van der Waals surface area contributed by atoms with Gasteiger partial charge < -0.3 is 5.73 Å². The average Bonchev–Trinajstić information content (AvgIpc) is 2.41. The van der Waals surface area contributed by atoms with Crippen molar-refractivity contribution in [3.63, 3.8) is 0 Å². The summed E-state index contributed by atoms with van der Waals surface area (Å²) in [5, 5.41) is 0. The fourth-order valence-electron chi connectivity index (χ4n) is 2.00. The molecule has 0 spiro atoms. The van der Waals surface area contributed by atoms with E-state index in [4.69, 9.17) is 5.73 Å². The molecule has 1 aliphatic heterocycles. The molecular formula is C11H14F2N2O4S2. The van der Waals surface area contributed by atoms with Crippen LogP contribution in [0.4, 0.5) is 8.78 Å². The molecule has 118 valence electrons. The van der Waals surface area contributed by atoms with E-state index in [1.807, 2.05) is 0 Å². The van der Waals surface area contributed by atoms with Crippen LogP contribution in [0.2, 0.25) is 0 Å². The predicted molar refractivity (Wildman–Crippen MR) is 71.7 cm³/mol. The molecule has 1 fully saturated rings. The molecule has 1 heterocycles. The van der Waals surface area contributed by atoms with Gasteiger partial charge in [0, 0.05) is 19.6 Å². The van der Waals surface area contributed by atoms with E-state index in [9.17, 15) is 25.6 Å². The van der Waals surface area contributed by atoms with E-state index in [-0.39, 0.29) is 36.7 Å². The molecular weight excluding hydrogens is 326 g/mol. The van der Waals surface area contributed by atoms with Crippen molar-refractivity contribution in [3.8, 4) is 0 Å². The van der Waals surface area contributed by atoms with E-state index in [1.165, 1.54) is 0 Å². The highest BCUT2D eigenvalue weighted by atomic mass is 32.2. The summed E-state index contributed by atoms with van der Waals surface area (Å²) in [6, 6.07) is 1.80. The van der Waals surface area contributed by atoms with Crippen LogP contribution in [0, 0.1) is 11.6 Å². The van der Waals surface area contributed by atoms with Gasteiger partial charge in [0.2, 0.25) is 10.0 Å². The summed E-state index contributed by atoms with van der Waals surface area (Å²) >= 11 is 0. The van der Waals surface area contributed by atoms with Crippen molar-refractivity contribution in [2.45, 2.75) is 11.4 Å². The van der Waals surface area contributed by atoms with Crippen LogP contribution in [0.15, 0.2) is 17.0 Å². The van der Waals surface area contributed by atoms with Gasteiger partial charge in [-0.3, -0.25) is 0 Å². The molecule has 0 saturated carbocycles. The van der Waals surface area contributed by atoms with Crippen molar-refractivity contribution in [2.24, 2.45) is 5.73 Å². The van der Waals surface area contributed by atoms with Gasteiger partial charge in [0.1, 0.15) is 4.90 Å². The summed E-state index contributed by atoms with van der Waals surface area (Å²) in [5.74, 6) is -3.47. The van der Waals surface area contributed by atoms with Crippen molar-refractivity contribution < 1.29 is 25.6 Å². The third-order valence-electron chi connectivity index (χ3n) is 3.21. The van der Waals surface area contributed by atoms with E-state index in [2.05, 4.69) is 0 Å². The second-order valence-corrected chi connectivity index (χ2v) is 8.86. The van der Waals surface area contributed by atoms with Crippen molar-refractivity contribution in [3.05, 3.63) is 29.3 Å². The molecule has 2 N–H and O–H groups in total. The smallest absolute Gasteiger partial charge is 0.246 e. The lowest BCUT2D eigenvalue weighted by atomic mass is 10.2. The van der Waals surface area contributed by atoms with Gasteiger partial charge >= 0.3 is 0 Å². The maximum Gasteiger partial charge on any atom is 0.246 e. The summed E-state index contributed by atoms with van der Waals surface area (Å²) in [5.41, 5.74) is 5.45. The summed E-state index contributed by atoms with van der Waals surface area (Å²) in [4.78, 5) is -0.817. The van der Waals surface area contributed by atoms with E-state index in [0.29, 0.717) is 0 Å². The zero-order valence-corrected chi connectivity index (χ0v) is 12.6. The van der Waals surface area contributed by atoms with Gasteiger partial charge in [0.25, 0.3) is 0 Å². The van der Waals surface area contributed by atoms with Crippen molar-refractivity contribution >= 4 is 19.9 Å². The number of sulfone groups is 1. The van der Waals surface area contributed by atoms with Crippen molar-refractivity contribution in [1.29, 1.82) is 0 Å². The minimum Gasteiger partial charge on any atom is -0.326 e. The first-order chi connectivity index (χ1) is 9.67. The topological polar surface area (TPSA) is 97.5 Å². The summed E-state index contributed by atoms with van der Waals surface area (Å²) in [6.45, 7) is -0.703. The minimum absolute atomic E-state index is 0.136. The van der Waals surface area contributed by atoms with Crippen molar-refractivity contribution in [2.75, 3.05) is 24.6 Å². The maximum atomic E-state index is 13.8. The van der Waals surface area contributed by atoms with Gasteiger partial charge in [-0.25, -0.2) is 25.6 Å². The molecule has 0 unspecified atom stereocenters. The molecule has 10 heteroatoms. The third kappa shape index (κ3) is 3.23. The van der Waals surface area contributed by atoms with Crippen LogP contribution in [-0.4, -0.2) is 45.7 Å². The summed E-state index contributed by atoms with van der Waals surface area (Å²) < 4.78 is 75.3. The predicted octanol–water partition coefficient (Wildman–Crippen LogP) is -0.157. The van der Waals surface area contributed by atoms with Crippen molar-refractivity contribution in [1.82, 2.24) is 4.31 Å². The van der Waals surface area contributed by atoms with E-state index < -0.39 is 36.4 Å². The highest BCUT2D eigenvalue weighted by Gasteiger charge is 2.34. The molecule has 0 atom stereocenters. The SMILES string of the molecule is NCc1cc(F)c(F)c(S(=O)(=O)N2CCS(=O)(=O)CC2)c1. The Balaban J connectivity index is 2.43. The Labute approximate surface area is 121 Å². The van der Waals surface area contributed by atoms with Crippen LogP contribution < -0.4 is 5.73 Å². The number of nitrogens with two attached hydrogens (primary N) is 1. The Hall–Kier alpha value is -1.10. The van der Waals surface area contributed by atoms with Gasteiger partial charge in [0.05, 0.1) is 11.5 Å². The monoisotopic (exact) mass is 340 g/mol. The molecule has 1 aliphatic rings. The van der Waals surface area contributed by atoms with Crippen LogP contribution in [0.25, 0.3) is 0 Å². The number of nitrogens with zero attached hydrogens (tertiary/aromatic N) is 1. The fourth-order valence-corrected chi connectivity index (χ4v) is 5.00. The first-order valence-electron chi connectivity index (χ1n) is 6.06. The largest absolute Gasteiger partial charge is 0.326 e. The molecule has 0 amide bonds. The average molecular weight is 340 g/mol. The van der Waals surface area contributed by atoms with Crippen LogP contribution in [0.5, 0.6) is 0 Å². The number of halogens is 2. The summed E-state index contributed by atoms with van der Waals surface area (Å²) in [7, 11) is -7.58. The lowest BCUT2D eigenvalue weighted by Gasteiger charge is -2.26. The minimum atomic E-state index is -4.30. The standard InChI is InChI=1S/C11H14F2N2O4S2/c12-9-5-8(7-14)6-10(11(9)13)21(18,19)15-1-3-20(16,17)4-2-15/h5-6H,1-4,7,14H2. The normalized spacial score (nSPS) is 19.6. The molecule has 6 nitrogen and oxygen atoms in total. The van der Waals surface area contributed by atoms with E-state index in [1.54, 1.807) is 0 Å². The molecule has 0 radical (unpaired) electrons. The number of benzene rings is 1. The Bertz CT molecular complexity index is 749. The van der Waals surface area contributed by atoms with Crippen LogP contribution in [0.3, 0.4) is 0 Å². The number of sulfonamides is 1. The molecule has 21 heavy (non-hydrogen) atoms. The van der Waals surface area contributed by atoms with Gasteiger partial charge in [0.15, 0.2) is 21.5 Å². The molecule has 2 rings (SSSR count). The molecule has 1 saturated heterocycles. The van der Waals surface area contributed by atoms with Crippen LogP contribution >= 0.6 is 0 Å². The van der Waals surface area contributed by atoms with Gasteiger partial charge in [-0.2, -0.15) is 4.31 Å². The molecule has 0 aromatic heterocycles. The first kappa shape index (κ1) is 16.3. The highest BCUT2D eigenvalue weighted by molar-refractivity contribution is 7.92. The lowest BCUT2D eigenvalue weighted by molar-refractivity contribution is 0.421. The Morgan fingerprint density at radius 1 is 1.19 bits per heavy atom. The molecule has 1 aromatic carbocycles. The second-order valence-electron chi connectivity index (χ2n) is 4.65. The summed E-state index contributed by atoms with van der Waals surface area (Å²) in [6.07, 6.45) is 0. The molecule has 0 aliphatic carbocycles. The van der Waals surface area contributed by atoms with E-state index >= 15 is 0 Å². The number of hydrogen-bond donors (Lipinski definition) is 1. The van der Waals surface area contributed by atoms with Gasteiger partial charge in [-0.1, -0.05) is 0 Å².